The van der Waals surface area contributed by atoms with Crippen molar-refractivity contribution >= 4 is 11.8 Å². The van der Waals surface area contributed by atoms with E-state index in [-0.39, 0.29) is 23.8 Å². The van der Waals surface area contributed by atoms with Gasteiger partial charge in [-0.25, -0.2) is 0 Å². The molecule has 0 saturated carbocycles. The Morgan fingerprint density at radius 1 is 1.21 bits per heavy atom. The molecule has 2 N–H and O–H groups in total. The number of amides is 2. The second-order valence-corrected chi connectivity index (χ2v) is 5.42. The molecule has 100 valence electrons. The highest BCUT2D eigenvalue weighted by Gasteiger charge is 2.28. The van der Waals surface area contributed by atoms with Crippen LogP contribution in [-0.4, -0.2) is 24.4 Å². The summed E-state index contributed by atoms with van der Waals surface area (Å²) in [5.41, 5.74) is 2.68. The summed E-state index contributed by atoms with van der Waals surface area (Å²) in [5.74, 6) is 0.0662. The number of carbonyl (C=O) groups is 2. The highest BCUT2D eigenvalue weighted by atomic mass is 16.2. The first-order chi connectivity index (χ1) is 9.22. The second-order valence-electron chi connectivity index (χ2n) is 5.42. The maximum absolute atomic E-state index is 12.1. The number of nitrogens with one attached hydrogen (secondary N) is 2. The van der Waals surface area contributed by atoms with Gasteiger partial charge in [0.15, 0.2) is 0 Å². The van der Waals surface area contributed by atoms with Gasteiger partial charge in [0.1, 0.15) is 0 Å². The lowest BCUT2D eigenvalue weighted by Crippen LogP contribution is -2.46. The molecule has 4 nitrogen and oxygen atoms in total. The van der Waals surface area contributed by atoms with Crippen molar-refractivity contribution < 1.29 is 9.59 Å². The van der Waals surface area contributed by atoms with Gasteiger partial charge in [-0.3, -0.25) is 9.59 Å². The molecule has 1 fully saturated rings. The number of piperidine rings is 1. The van der Waals surface area contributed by atoms with Crippen molar-refractivity contribution in [2.75, 3.05) is 6.54 Å². The fourth-order valence-electron chi connectivity index (χ4n) is 2.94. The molecule has 0 bridgehead atoms. The first-order valence-electron chi connectivity index (χ1n) is 6.86. The van der Waals surface area contributed by atoms with Gasteiger partial charge < -0.3 is 10.6 Å². The number of fused-ring (bicyclic) bond motifs is 1. The van der Waals surface area contributed by atoms with Crippen molar-refractivity contribution in [1.82, 2.24) is 10.6 Å². The molecule has 2 amide bonds. The minimum Gasteiger partial charge on any atom is -0.355 e. The molecule has 1 aromatic carbocycles. The van der Waals surface area contributed by atoms with E-state index >= 15 is 0 Å². The van der Waals surface area contributed by atoms with Crippen LogP contribution in [0.4, 0.5) is 0 Å². The van der Waals surface area contributed by atoms with Crippen molar-refractivity contribution in [2.24, 2.45) is 5.92 Å². The van der Waals surface area contributed by atoms with Crippen molar-refractivity contribution in [3.05, 3.63) is 35.4 Å². The molecule has 1 aromatic rings. The number of rotatable bonds is 2. The van der Waals surface area contributed by atoms with E-state index in [1.807, 2.05) is 12.1 Å². The summed E-state index contributed by atoms with van der Waals surface area (Å²) in [7, 11) is 0. The molecule has 0 spiro atoms. The summed E-state index contributed by atoms with van der Waals surface area (Å²) in [4.78, 5) is 23.2. The molecule has 19 heavy (non-hydrogen) atoms. The minimum atomic E-state index is -0.0681. The second kappa shape index (κ2) is 5.03. The van der Waals surface area contributed by atoms with Gasteiger partial charge >= 0.3 is 0 Å². The Hall–Kier alpha value is -1.84. The fourth-order valence-corrected chi connectivity index (χ4v) is 2.94. The van der Waals surface area contributed by atoms with Gasteiger partial charge in [0, 0.05) is 19.0 Å². The third-order valence-corrected chi connectivity index (χ3v) is 4.03. The summed E-state index contributed by atoms with van der Waals surface area (Å²) in [6.45, 7) is 0.477. The normalized spacial score (nSPS) is 22.7. The van der Waals surface area contributed by atoms with Crippen LogP contribution >= 0.6 is 0 Å². The predicted molar refractivity (Wildman–Crippen MR) is 71.5 cm³/mol. The average molecular weight is 258 g/mol. The highest BCUT2D eigenvalue weighted by Crippen LogP contribution is 2.22. The van der Waals surface area contributed by atoms with Crippen LogP contribution in [0, 0.1) is 5.92 Å². The van der Waals surface area contributed by atoms with E-state index in [0.29, 0.717) is 19.4 Å². The molecule has 1 atom stereocenters. The Labute approximate surface area is 112 Å². The number of hydrogen-bond donors (Lipinski definition) is 2. The minimum absolute atomic E-state index is 0.0531. The Bertz CT molecular complexity index is 478. The molecule has 2 aliphatic rings. The van der Waals surface area contributed by atoms with Crippen LogP contribution in [0.15, 0.2) is 24.3 Å². The zero-order valence-electron chi connectivity index (χ0n) is 10.8. The van der Waals surface area contributed by atoms with Gasteiger partial charge in [0.25, 0.3) is 0 Å². The topological polar surface area (TPSA) is 58.2 Å². The maximum atomic E-state index is 12.1. The molecular weight excluding hydrogens is 240 g/mol. The first kappa shape index (κ1) is 12.2. The Balaban J connectivity index is 1.56. The third kappa shape index (κ3) is 2.62. The van der Waals surface area contributed by atoms with Gasteiger partial charge in [0.2, 0.25) is 11.8 Å². The number of benzene rings is 1. The molecule has 0 radical (unpaired) electrons. The van der Waals surface area contributed by atoms with Gasteiger partial charge in [-0.15, -0.1) is 0 Å². The Kier molecular flexibility index (Phi) is 3.23. The van der Waals surface area contributed by atoms with Crippen LogP contribution < -0.4 is 10.6 Å². The van der Waals surface area contributed by atoms with E-state index < -0.39 is 0 Å². The molecule has 1 heterocycles. The maximum Gasteiger partial charge on any atom is 0.225 e. The zero-order valence-corrected chi connectivity index (χ0v) is 10.8. The summed E-state index contributed by atoms with van der Waals surface area (Å²) < 4.78 is 0. The molecule has 1 saturated heterocycles. The van der Waals surface area contributed by atoms with Gasteiger partial charge in [0.05, 0.1) is 5.92 Å². The SMILES string of the molecule is O=C1CCC(C(=O)NC2Cc3ccccc3C2)CN1. The molecule has 0 aromatic heterocycles. The lowest BCUT2D eigenvalue weighted by Gasteiger charge is -2.23. The van der Waals surface area contributed by atoms with Gasteiger partial charge in [-0.05, 0) is 30.4 Å². The smallest absolute Gasteiger partial charge is 0.225 e. The van der Waals surface area contributed by atoms with E-state index in [2.05, 4.69) is 22.8 Å². The quantitative estimate of drug-likeness (QED) is 0.824. The summed E-state index contributed by atoms with van der Waals surface area (Å²) in [6, 6.07) is 8.55. The van der Waals surface area contributed by atoms with E-state index in [9.17, 15) is 9.59 Å². The van der Waals surface area contributed by atoms with Crippen LogP contribution in [0.2, 0.25) is 0 Å². The summed E-state index contributed by atoms with van der Waals surface area (Å²) >= 11 is 0. The van der Waals surface area contributed by atoms with Crippen LogP contribution in [-0.2, 0) is 22.4 Å². The molecule has 4 heteroatoms. The van der Waals surface area contributed by atoms with E-state index in [4.69, 9.17) is 0 Å². The zero-order chi connectivity index (χ0) is 13.2. The number of hydrogen-bond acceptors (Lipinski definition) is 2. The van der Waals surface area contributed by atoms with Crippen LogP contribution in [0.25, 0.3) is 0 Å². The molecule has 1 aliphatic heterocycles. The van der Waals surface area contributed by atoms with Crippen molar-refractivity contribution in [3.8, 4) is 0 Å². The fraction of sp³-hybridized carbons (Fsp3) is 0.467. The van der Waals surface area contributed by atoms with Crippen molar-refractivity contribution in [3.63, 3.8) is 0 Å². The average Bonchev–Trinajstić information content (AvgIpc) is 2.81. The molecule has 1 aliphatic carbocycles. The van der Waals surface area contributed by atoms with Crippen LogP contribution in [0.1, 0.15) is 24.0 Å². The van der Waals surface area contributed by atoms with Gasteiger partial charge in [-0.2, -0.15) is 0 Å². The van der Waals surface area contributed by atoms with Crippen molar-refractivity contribution in [2.45, 2.75) is 31.7 Å². The highest BCUT2D eigenvalue weighted by molar-refractivity contribution is 5.83. The van der Waals surface area contributed by atoms with Gasteiger partial charge in [-0.1, -0.05) is 24.3 Å². The van der Waals surface area contributed by atoms with E-state index in [0.717, 1.165) is 12.8 Å². The van der Waals surface area contributed by atoms with Crippen LogP contribution in [0.3, 0.4) is 0 Å². The first-order valence-corrected chi connectivity index (χ1v) is 6.86. The van der Waals surface area contributed by atoms with Crippen LogP contribution in [0.5, 0.6) is 0 Å². The molecular formula is C15H18N2O2. The Morgan fingerprint density at radius 3 is 2.47 bits per heavy atom. The predicted octanol–water partition coefficient (Wildman–Crippen LogP) is 0.796. The van der Waals surface area contributed by atoms with E-state index in [1.165, 1.54) is 11.1 Å². The lowest BCUT2D eigenvalue weighted by atomic mass is 9.98. The third-order valence-electron chi connectivity index (χ3n) is 4.03. The standard InChI is InChI=1S/C15H18N2O2/c18-14-6-5-12(9-16-14)15(19)17-13-7-10-3-1-2-4-11(10)8-13/h1-4,12-13H,5-9H2,(H,16,18)(H,17,19). The van der Waals surface area contributed by atoms with E-state index in [1.54, 1.807) is 0 Å². The Morgan fingerprint density at radius 2 is 1.89 bits per heavy atom. The molecule has 3 rings (SSSR count). The van der Waals surface area contributed by atoms with Crippen molar-refractivity contribution in [1.29, 1.82) is 0 Å². The summed E-state index contributed by atoms with van der Waals surface area (Å²) in [5, 5.41) is 5.88. The number of carbonyl (C=O) groups excluding carboxylic acids is 2. The molecule has 1 unspecified atom stereocenters. The largest absolute Gasteiger partial charge is 0.355 e. The lowest BCUT2D eigenvalue weighted by molar-refractivity contribution is -0.129. The monoisotopic (exact) mass is 258 g/mol. The summed E-state index contributed by atoms with van der Waals surface area (Å²) in [6.07, 6.45) is 2.96.